The molecule has 2 fully saturated rings. The van der Waals surface area contributed by atoms with Crippen molar-refractivity contribution in [3.8, 4) is 0 Å². The Morgan fingerprint density at radius 2 is 2.06 bits per heavy atom. The van der Waals surface area contributed by atoms with Crippen LogP contribution in [0.3, 0.4) is 0 Å². The maximum atomic E-state index is 4.39. The van der Waals surface area contributed by atoms with E-state index in [0.29, 0.717) is 12.1 Å². The largest absolute Gasteiger partial charge is 0.306 e. The summed E-state index contributed by atoms with van der Waals surface area (Å²) in [4.78, 5) is 8.54. The molecule has 0 spiro atoms. The van der Waals surface area contributed by atoms with Crippen molar-refractivity contribution in [3.63, 3.8) is 0 Å². The van der Waals surface area contributed by atoms with Crippen LogP contribution in [0.15, 0.2) is 18.6 Å². The van der Waals surface area contributed by atoms with Crippen LogP contribution in [-0.4, -0.2) is 16.0 Å². The summed E-state index contributed by atoms with van der Waals surface area (Å²) in [6.07, 6.45) is 13.9. The zero-order valence-electron chi connectivity index (χ0n) is 11.2. The van der Waals surface area contributed by atoms with Crippen LogP contribution in [0.1, 0.15) is 57.2 Å². The Labute approximate surface area is 109 Å². The Bertz CT molecular complexity index is 375. The second-order valence-electron chi connectivity index (χ2n) is 5.98. The van der Waals surface area contributed by atoms with E-state index in [0.717, 1.165) is 17.5 Å². The van der Waals surface area contributed by atoms with Gasteiger partial charge in [0.05, 0.1) is 5.69 Å². The molecule has 1 aromatic rings. The molecule has 0 aliphatic heterocycles. The highest BCUT2D eigenvalue weighted by Crippen LogP contribution is 2.44. The van der Waals surface area contributed by atoms with Crippen molar-refractivity contribution < 1.29 is 0 Å². The number of aromatic nitrogens is 2. The van der Waals surface area contributed by atoms with Crippen molar-refractivity contribution in [2.45, 2.75) is 57.5 Å². The second kappa shape index (κ2) is 5.35. The smallest absolute Gasteiger partial charge is 0.0753 e. The van der Waals surface area contributed by atoms with E-state index in [-0.39, 0.29) is 0 Å². The van der Waals surface area contributed by atoms with Gasteiger partial charge in [-0.05, 0) is 44.4 Å². The average molecular weight is 245 g/mol. The molecule has 1 N–H and O–H groups in total. The predicted octanol–water partition coefficient (Wildman–Crippen LogP) is 3.10. The summed E-state index contributed by atoms with van der Waals surface area (Å²) in [5.41, 5.74) is 1.06. The lowest BCUT2D eigenvalue weighted by Gasteiger charge is -2.31. The van der Waals surface area contributed by atoms with Gasteiger partial charge in [-0.3, -0.25) is 9.97 Å². The Hall–Kier alpha value is -0.960. The molecule has 0 radical (unpaired) electrons. The first-order chi connectivity index (χ1) is 8.83. The van der Waals surface area contributed by atoms with Gasteiger partial charge in [-0.15, -0.1) is 0 Å². The average Bonchev–Trinajstić information content (AvgIpc) is 3.24. The van der Waals surface area contributed by atoms with Crippen molar-refractivity contribution >= 4 is 0 Å². The minimum absolute atomic E-state index is 0.321. The molecular formula is C15H23N3. The van der Waals surface area contributed by atoms with Gasteiger partial charge in [0.15, 0.2) is 0 Å². The molecule has 3 heteroatoms. The van der Waals surface area contributed by atoms with E-state index in [9.17, 15) is 0 Å². The number of hydrogen-bond acceptors (Lipinski definition) is 3. The molecule has 1 heterocycles. The third kappa shape index (κ3) is 2.89. The number of rotatable bonds is 4. The van der Waals surface area contributed by atoms with Gasteiger partial charge < -0.3 is 5.32 Å². The van der Waals surface area contributed by atoms with Crippen LogP contribution in [0.2, 0.25) is 0 Å². The Morgan fingerprint density at radius 3 is 2.78 bits per heavy atom. The van der Waals surface area contributed by atoms with E-state index in [1.165, 1.54) is 38.5 Å². The minimum Gasteiger partial charge on any atom is -0.306 e. The zero-order chi connectivity index (χ0) is 12.4. The standard InChI is InChI=1S/C15H23N3/c1-11(15-10-16-7-8-17-15)18-14-4-2-3-13(9-14)12-5-6-12/h7-8,10-14,18H,2-6,9H2,1H3/t11-,13-,14+/m0/s1. The van der Waals surface area contributed by atoms with Gasteiger partial charge in [-0.1, -0.05) is 12.8 Å². The molecule has 18 heavy (non-hydrogen) atoms. The molecule has 3 nitrogen and oxygen atoms in total. The van der Waals surface area contributed by atoms with Crippen molar-refractivity contribution in [1.29, 1.82) is 0 Å². The predicted molar refractivity (Wildman–Crippen MR) is 72.1 cm³/mol. The number of nitrogens with one attached hydrogen (secondary N) is 1. The lowest BCUT2D eigenvalue weighted by Crippen LogP contribution is -2.36. The van der Waals surface area contributed by atoms with E-state index in [4.69, 9.17) is 0 Å². The van der Waals surface area contributed by atoms with Gasteiger partial charge >= 0.3 is 0 Å². The first-order valence-corrected chi connectivity index (χ1v) is 7.35. The lowest BCUT2D eigenvalue weighted by molar-refractivity contribution is 0.248. The molecule has 0 aromatic carbocycles. The van der Waals surface area contributed by atoms with Crippen molar-refractivity contribution in [2.24, 2.45) is 11.8 Å². The molecule has 2 aliphatic carbocycles. The van der Waals surface area contributed by atoms with Gasteiger partial charge in [0.1, 0.15) is 0 Å². The maximum absolute atomic E-state index is 4.39. The summed E-state index contributed by atoms with van der Waals surface area (Å²) in [6.45, 7) is 2.20. The van der Waals surface area contributed by atoms with Crippen molar-refractivity contribution in [3.05, 3.63) is 24.3 Å². The van der Waals surface area contributed by atoms with E-state index in [2.05, 4.69) is 22.2 Å². The van der Waals surface area contributed by atoms with Gasteiger partial charge in [-0.2, -0.15) is 0 Å². The molecule has 3 rings (SSSR count). The molecular weight excluding hydrogens is 222 g/mol. The Balaban J connectivity index is 1.55. The third-order valence-corrected chi connectivity index (χ3v) is 4.52. The number of hydrogen-bond donors (Lipinski definition) is 1. The van der Waals surface area contributed by atoms with Crippen LogP contribution in [0.25, 0.3) is 0 Å². The second-order valence-corrected chi connectivity index (χ2v) is 5.98. The van der Waals surface area contributed by atoms with Crippen LogP contribution in [0.4, 0.5) is 0 Å². The lowest BCUT2D eigenvalue weighted by atomic mass is 9.82. The maximum Gasteiger partial charge on any atom is 0.0753 e. The molecule has 98 valence electrons. The first-order valence-electron chi connectivity index (χ1n) is 7.35. The fourth-order valence-electron chi connectivity index (χ4n) is 3.35. The summed E-state index contributed by atoms with van der Waals surface area (Å²) < 4.78 is 0. The van der Waals surface area contributed by atoms with Gasteiger partial charge in [0.25, 0.3) is 0 Å². The molecule has 3 atom stereocenters. The fraction of sp³-hybridized carbons (Fsp3) is 0.733. The van der Waals surface area contributed by atoms with E-state index >= 15 is 0 Å². The molecule has 2 saturated carbocycles. The van der Waals surface area contributed by atoms with Crippen LogP contribution < -0.4 is 5.32 Å². The Kier molecular flexibility index (Phi) is 3.59. The fourth-order valence-corrected chi connectivity index (χ4v) is 3.35. The molecule has 0 amide bonds. The van der Waals surface area contributed by atoms with E-state index in [1.54, 1.807) is 12.4 Å². The van der Waals surface area contributed by atoms with Crippen LogP contribution in [0, 0.1) is 11.8 Å². The number of nitrogens with zero attached hydrogens (tertiary/aromatic N) is 2. The molecule has 0 saturated heterocycles. The SMILES string of the molecule is C[C@H](N[C@@H]1CCC[C@H](C2CC2)C1)c1cnccn1. The highest BCUT2D eigenvalue weighted by Gasteiger charge is 2.34. The molecule has 0 bridgehead atoms. The third-order valence-electron chi connectivity index (χ3n) is 4.52. The van der Waals surface area contributed by atoms with Crippen molar-refractivity contribution in [1.82, 2.24) is 15.3 Å². The summed E-state index contributed by atoms with van der Waals surface area (Å²) in [5.74, 6) is 2.05. The van der Waals surface area contributed by atoms with Crippen LogP contribution in [0.5, 0.6) is 0 Å². The zero-order valence-corrected chi connectivity index (χ0v) is 11.2. The van der Waals surface area contributed by atoms with E-state index in [1.807, 2.05) is 6.20 Å². The van der Waals surface area contributed by atoms with Gasteiger partial charge in [0, 0.05) is 30.7 Å². The minimum atomic E-state index is 0.321. The van der Waals surface area contributed by atoms with Crippen LogP contribution >= 0.6 is 0 Å². The van der Waals surface area contributed by atoms with Crippen LogP contribution in [-0.2, 0) is 0 Å². The summed E-state index contributed by atoms with van der Waals surface area (Å²) in [5, 5.41) is 3.75. The topological polar surface area (TPSA) is 37.8 Å². The van der Waals surface area contributed by atoms with Crippen molar-refractivity contribution in [2.75, 3.05) is 0 Å². The molecule has 2 aliphatic rings. The highest BCUT2D eigenvalue weighted by atomic mass is 15.0. The summed E-state index contributed by atoms with van der Waals surface area (Å²) >= 11 is 0. The molecule has 1 aromatic heterocycles. The highest BCUT2D eigenvalue weighted by molar-refractivity contribution is 5.01. The first kappa shape index (κ1) is 12.1. The Morgan fingerprint density at radius 1 is 1.17 bits per heavy atom. The van der Waals surface area contributed by atoms with Gasteiger partial charge in [-0.25, -0.2) is 0 Å². The van der Waals surface area contributed by atoms with Gasteiger partial charge in [0.2, 0.25) is 0 Å². The summed E-state index contributed by atoms with van der Waals surface area (Å²) in [7, 11) is 0. The molecule has 0 unspecified atom stereocenters. The normalized spacial score (nSPS) is 30.1. The monoisotopic (exact) mass is 245 g/mol. The van der Waals surface area contributed by atoms with E-state index < -0.39 is 0 Å². The summed E-state index contributed by atoms with van der Waals surface area (Å²) in [6, 6.07) is 1.00. The quantitative estimate of drug-likeness (QED) is 0.885.